The van der Waals surface area contributed by atoms with Gasteiger partial charge in [-0.25, -0.2) is 0 Å². The predicted octanol–water partition coefficient (Wildman–Crippen LogP) is 4.46. The quantitative estimate of drug-likeness (QED) is 0.389. The van der Waals surface area contributed by atoms with Crippen molar-refractivity contribution in [2.24, 2.45) is 0 Å². The molecule has 0 spiro atoms. The largest absolute Gasteiger partial charge is 0.507 e. The molecule has 1 fully saturated rings. The molecule has 2 aromatic carbocycles. The molecule has 0 radical (unpaired) electrons. The van der Waals surface area contributed by atoms with Gasteiger partial charge in [0.05, 0.1) is 11.6 Å². The van der Waals surface area contributed by atoms with Crippen LogP contribution in [-0.4, -0.2) is 52.8 Å². The van der Waals surface area contributed by atoms with Gasteiger partial charge in [0.2, 0.25) is 0 Å². The van der Waals surface area contributed by atoms with Crippen molar-refractivity contribution >= 4 is 17.4 Å². The summed E-state index contributed by atoms with van der Waals surface area (Å²) in [5.41, 5.74) is 3.45. The SMILES string of the molecule is CCN(CC)CCCN1C(=O)C(=O)C(=C(O)c2cc(C)ccc2C)[C@@H]1c1ccccc1. The number of nitrogens with zero attached hydrogens (tertiary/aromatic N) is 2. The molecule has 1 saturated heterocycles. The van der Waals surface area contributed by atoms with Crippen LogP contribution in [0.1, 0.15) is 48.6 Å². The molecule has 1 atom stereocenters. The van der Waals surface area contributed by atoms with Gasteiger partial charge in [0.15, 0.2) is 0 Å². The fraction of sp³-hybridized carbons (Fsp3) is 0.385. The highest BCUT2D eigenvalue weighted by atomic mass is 16.3. The zero-order chi connectivity index (χ0) is 22.5. The van der Waals surface area contributed by atoms with Gasteiger partial charge < -0.3 is 14.9 Å². The van der Waals surface area contributed by atoms with Crippen molar-refractivity contribution in [1.29, 1.82) is 0 Å². The molecule has 0 aliphatic carbocycles. The number of hydrogen-bond acceptors (Lipinski definition) is 4. The molecule has 0 aromatic heterocycles. The van der Waals surface area contributed by atoms with Crippen LogP contribution >= 0.6 is 0 Å². The van der Waals surface area contributed by atoms with Crippen LogP contribution in [0.2, 0.25) is 0 Å². The Bertz CT molecular complexity index is 977. The van der Waals surface area contributed by atoms with Crippen LogP contribution in [0.3, 0.4) is 0 Å². The number of aliphatic hydroxyl groups excluding tert-OH is 1. The lowest BCUT2D eigenvalue weighted by atomic mass is 9.93. The van der Waals surface area contributed by atoms with E-state index in [1.165, 1.54) is 0 Å². The second kappa shape index (κ2) is 9.92. The molecule has 1 heterocycles. The Morgan fingerprint density at radius 2 is 1.71 bits per heavy atom. The number of aliphatic hydroxyl groups is 1. The molecule has 2 aromatic rings. The van der Waals surface area contributed by atoms with Gasteiger partial charge in [0.1, 0.15) is 5.76 Å². The van der Waals surface area contributed by atoms with E-state index in [-0.39, 0.29) is 11.3 Å². The predicted molar refractivity (Wildman–Crippen MR) is 124 cm³/mol. The minimum absolute atomic E-state index is 0.0976. The van der Waals surface area contributed by atoms with Crippen LogP contribution < -0.4 is 0 Å². The first-order chi connectivity index (χ1) is 14.9. The van der Waals surface area contributed by atoms with Gasteiger partial charge in [-0.05, 0) is 57.1 Å². The van der Waals surface area contributed by atoms with Crippen molar-refractivity contribution < 1.29 is 14.7 Å². The minimum Gasteiger partial charge on any atom is -0.507 e. The maximum atomic E-state index is 13.1. The smallest absolute Gasteiger partial charge is 0.295 e. The normalized spacial score (nSPS) is 18.2. The number of aryl methyl sites for hydroxylation is 2. The molecule has 1 aliphatic rings. The van der Waals surface area contributed by atoms with E-state index in [0.717, 1.165) is 42.7 Å². The summed E-state index contributed by atoms with van der Waals surface area (Å²) >= 11 is 0. The van der Waals surface area contributed by atoms with Crippen molar-refractivity contribution in [3.05, 3.63) is 76.4 Å². The highest BCUT2D eigenvalue weighted by Crippen LogP contribution is 2.39. The van der Waals surface area contributed by atoms with E-state index in [2.05, 4.69) is 18.7 Å². The van der Waals surface area contributed by atoms with Crippen LogP contribution in [0.15, 0.2) is 54.1 Å². The van der Waals surface area contributed by atoms with E-state index in [0.29, 0.717) is 12.1 Å². The molecule has 0 bridgehead atoms. The summed E-state index contributed by atoms with van der Waals surface area (Å²) in [6.07, 6.45) is 0.765. The fourth-order valence-corrected chi connectivity index (χ4v) is 4.23. The number of likely N-dealkylation sites (tertiary alicyclic amines) is 1. The number of Topliss-reactive ketones (excluding diaryl/α,β-unsaturated/α-hetero) is 1. The number of ketones is 1. The third-order valence-corrected chi connectivity index (χ3v) is 6.07. The average molecular weight is 421 g/mol. The summed E-state index contributed by atoms with van der Waals surface area (Å²) in [5, 5.41) is 11.2. The first-order valence-corrected chi connectivity index (χ1v) is 11.0. The second-order valence-electron chi connectivity index (χ2n) is 8.10. The molecular formula is C26H32N2O3. The van der Waals surface area contributed by atoms with E-state index in [9.17, 15) is 14.7 Å². The van der Waals surface area contributed by atoms with E-state index in [1.54, 1.807) is 4.90 Å². The highest BCUT2D eigenvalue weighted by molar-refractivity contribution is 6.46. The van der Waals surface area contributed by atoms with Gasteiger partial charge in [0, 0.05) is 12.1 Å². The monoisotopic (exact) mass is 420 g/mol. The Hall–Kier alpha value is -2.92. The Morgan fingerprint density at radius 3 is 2.35 bits per heavy atom. The summed E-state index contributed by atoms with van der Waals surface area (Å²) in [7, 11) is 0. The van der Waals surface area contributed by atoms with Crippen molar-refractivity contribution in [2.45, 2.75) is 40.2 Å². The number of rotatable bonds is 8. The average Bonchev–Trinajstić information content (AvgIpc) is 3.03. The van der Waals surface area contributed by atoms with Crippen molar-refractivity contribution in [3.63, 3.8) is 0 Å². The van der Waals surface area contributed by atoms with Crippen LogP contribution in [0.4, 0.5) is 0 Å². The lowest BCUT2D eigenvalue weighted by molar-refractivity contribution is -0.140. The Morgan fingerprint density at radius 1 is 1.03 bits per heavy atom. The van der Waals surface area contributed by atoms with E-state index < -0.39 is 17.7 Å². The molecule has 0 saturated carbocycles. The van der Waals surface area contributed by atoms with Crippen molar-refractivity contribution in [3.8, 4) is 0 Å². The Balaban J connectivity index is 2.04. The molecule has 0 unspecified atom stereocenters. The Labute approximate surface area is 185 Å². The molecule has 3 rings (SSSR count). The third-order valence-electron chi connectivity index (χ3n) is 6.07. The molecule has 5 nitrogen and oxygen atoms in total. The minimum atomic E-state index is -0.616. The topological polar surface area (TPSA) is 60.9 Å². The first-order valence-electron chi connectivity index (χ1n) is 11.0. The van der Waals surface area contributed by atoms with Crippen LogP contribution in [-0.2, 0) is 9.59 Å². The molecule has 31 heavy (non-hydrogen) atoms. The van der Waals surface area contributed by atoms with Gasteiger partial charge in [-0.2, -0.15) is 0 Å². The van der Waals surface area contributed by atoms with Gasteiger partial charge in [-0.15, -0.1) is 0 Å². The number of carbonyl (C=O) groups is 2. The van der Waals surface area contributed by atoms with Crippen molar-refractivity contribution in [1.82, 2.24) is 9.80 Å². The summed E-state index contributed by atoms with van der Waals surface area (Å²) in [5.74, 6) is -1.25. The number of amides is 1. The summed E-state index contributed by atoms with van der Waals surface area (Å²) in [6, 6.07) is 14.7. The molecule has 1 aliphatic heterocycles. The van der Waals surface area contributed by atoms with E-state index in [4.69, 9.17) is 0 Å². The number of benzene rings is 2. The number of carbonyl (C=O) groups excluding carboxylic acids is 2. The standard InChI is InChI=1S/C26H32N2O3/c1-5-27(6-2)15-10-16-28-23(20-11-8-7-9-12-20)22(25(30)26(28)31)24(29)21-17-18(3)13-14-19(21)4/h7-9,11-14,17,23,29H,5-6,10,15-16H2,1-4H3/t23-/m0/s1. The zero-order valence-electron chi connectivity index (χ0n) is 18.9. The summed E-state index contributed by atoms with van der Waals surface area (Å²) in [4.78, 5) is 30.0. The third kappa shape index (κ3) is 4.72. The summed E-state index contributed by atoms with van der Waals surface area (Å²) < 4.78 is 0. The maximum Gasteiger partial charge on any atom is 0.295 e. The maximum absolute atomic E-state index is 13.1. The van der Waals surface area contributed by atoms with Crippen molar-refractivity contribution in [2.75, 3.05) is 26.2 Å². The second-order valence-corrected chi connectivity index (χ2v) is 8.10. The van der Waals surface area contributed by atoms with Gasteiger partial charge in [-0.1, -0.05) is 61.9 Å². The van der Waals surface area contributed by atoms with Crippen LogP contribution in [0.25, 0.3) is 5.76 Å². The lowest BCUT2D eigenvalue weighted by Crippen LogP contribution is -2.33. The molecule has 1 N–H and O–H groups in total. The summed E-state index contributed by atoms with van der Waals surface area (Å²) in [6.45, 7) is 11.3. The molecule has 164 valence electrons. The van der Waals surface area contributed by atoms with Crippen LogP contribution in [0, 0.1) is 13.8 Å². The molecule has 5 heteroatoms. The van der Waals surface area contributed by atoms with E-state index >= 15 is 0 Å². The highest BCUT2D eigenvalue weighted by Gasteiger charge is 2.45. The first kappa shape index (κ1) is 22.8. The van der Waals surface area contributed by atoms with Gasteiger partial charge in [0.25, 0.3) is 11.7 Å². The van der Waals surface area contributed by atoms with Gasteiger partial charge >= 0.3 is 0 Å². The fourth-order valence-electron chi connectivity index (χ4n) is 4.23. The molecular weight excluding hydrogens is 388 g/mol. The van der Waals surface area contributed by atoms with Gasteiger partial charge in [-0.3, -0.25) is 9.59 Å². The van der Waals surface area contributed by atoms with Crippen LogP contribution in [0.5, 0.6) is 0 Å². The zero-order valence-corrected chi connectivity index (χ0v) is 18.9. The number of hydrogen-bond donors (Lipinski definition) is 1. The Kier molecular flexibility index (Phi) is 7.29. The molecule has 1 amide bonds. The van der Waals surface area contributed by atoms with E-state index in [1.807, 2.05) is 62.4 Å². The lowest BCUT2D eigenvalue weighted by Gasteiger charge is -2.27.